The van der Waals surface area contributed by atoms with E-state index in [1.165, 1.54) is 0 Å². The van der Waals surface area contributed by atoms with E-state index in [9.17, 15) is 0 Å². The van der Waals surface area contributed by atoms with Gasteiger partial charge in [-0.1, -0.05) is 19.0 Å². The average molecular weight is 225 g/mol. The van der Waals surface area contributed by atoms with Crippen LogP contribution in [0.25, 0.3) is 0 Å². The maximum absolute atomic E-state index is 5.67. The van der Waals surface area contributed by atoms with E-state index in [2.05, 4.69) is 36.2 Å². The topological polar surface area (TPSA) is 60.2 Å². The lowest BCUT2D eigenvalue weighted by molar-refractivity contribution is 0.0355. The Morgan fingerprint density at radius 1 is 1.44 bits per heavy atom. The molecule has 90 valence electrons. The third-order valence-electron chi connectivity index (χ3n) is 2.66. The predicted molar refractivity (Wildman–Crippen MR) is 58.8 cm³/mol. The second-order valence-corrected chi connectivity index (χ2v) is 4.60. The van der Waals surface area contributed by atoms with Crippen molar-refractivity contribution in [3.63, 3.8) is 0 Å². The second kappa shape index (κ2) is 4.93. The average Bonchev–Trinajstić information content (AvgIpc) is 2.83. The van der Waals surface area contributed by atoms with Gasteiger partial charge in [0.25, 0.3) is 5.89 Å². The molecule has 16 heavy (non-hydrogen) atoms. The van der Waals surface area contributed by atoms with Crippen LogP contribution in [-0.2, 0) is 11.3 Å². The first kappa shape index (κ1) is 11.5. The molecule has 0 aliphatic carbocycles. The summed E-state index contributed by atoms with van der Waals surface area (Å²) in [4.78, 5) is 4.33. The van der Waals surface area contributed by atoms with E-state index in [4.69, 9.17) is 9.26 Å². The van der Waals surface area contributed by atoms with Crippen LogP contribution >= 0.6 is 0 Å². The normalized spacial score (nSPS) is 25.5. The molecule has 2 rings (SSSR count). The van der Waals surface area contributed by atoms with Gasteiger partial charge < -0.3 is 14.6 Å². The van der Waals surface area contributed by atoms with Gasteiger partial charge in [-0.25, -0.2) is 0 Å². The van der Waals surface area contributed by atoms with E-state index in [0.717, 1.165) is 12.8 Å². The van der Waals surface area contributed by atoms with Crippen LogP contribution in [0, 0.1) is 0 Å². The van der Waals surface area contributed by atoms with Crippen LogP contribution in [0.4, 0.5) is 0 Å². The first-order valence-electron chi connectivity index (χ1n) is 5.86. The summed E-state index contributed by atoms with van der Waals surface area (Å²) in [5, 5.41) is 7.18. The lowest BCUT2D eigenvalue weighted by atomic mass is 10.2. The zero-order valence-electron chi connectivity index (χ0n) is 10.1. The molecule has 1 saturated heterocycles. The van der Waals surface area contributed by atoms with Gasteiger partial charge in [-0.2, -0.15) is 4.98 Å². The highest BCUT2D eigenvalue weighted by molar-refractivity contribution is 4.92. The Morgan fingerprint density at radius 3 is 2.88 bits per heavy atom. The Kier molecular flexibility index (Phi) is 3.56. The Labute approximate surface area is 95.6 Å². The van der Waals surface area contributed by atoms with Crippen LogP contribution in [0.15, 0.2) is 4.52 Å². The third-order valence-corrected chi connectivity index (χ3v) is 2.66. The number of nitrogens with one attached hydrogen (secondary N) is 1. The van der Waals surface area contributed by atoms with Gasteiger partial charge in [0.05, 0.1) is 12.6 Å². The van der Waals surface area contributed by atoms with Crippen LogP contribution in [0.3, 0.4) is 0 Å². The number of hydrogen-bond donors (Lipinski definition) is 1. The first-order chi connectivity index (χ1) is 7.65. The molecular weight excluding hydrogens is 206 g/mol. The zero-order chi connectivity index (χ0) is 11.5. The Hall–Kier alpha value is -0.940. The highest BCUT2D eigenvalue weighted by Crippen LogP contribution is 2.31. The fourth-order valence-corrected chi connectivity index (χ4v) is 1.75. The molecule has 0 bridgehead atoms. The molecule has 1 aromatic rings. The minimum absolute atomic E-state index is 0.00435. The largest absolute Gasteiger partial charge is 0.365 e. The number of nitrogens with zero attached hydrogens (tertiary/aromatic N) is 2. The number of hydrogen-bond acceptors (Lipinski definition) is 5. The lowest BCUT2D eigenvalue weighted by Crippen LogP contribution is -2.22. The highest BCUT2D eigenvalue weighted by atomic mass is 16.5. The van der Waals surface area contributed by atoms with E-state index in [1.807, 2.05) is 0 Å². The molecule has 0 aromatic carbocycles. The highest BCUT2D eigenvalue weighted by Gasteiger charge is 2.28. The summed E-state index contributed by atoms with van der Waals surface area (Å²) in [5.41, 5.74) is 0. The molecular formula is C11H19N3O2. The van der Waals surface area contributed by atoms with Crippen LogP contribution in [0.1, 0.15) is 51.4 Å². The molecule has 0 spiro atoms. The van der Waals surface area contributed by atoms with E-state index in [-0.39, 0.29) is 6.10 Å². The summed E-state index contributed by atoms with van der Waals surface area (Å²) < 4.78 is 10.9. The monoisotopic (exact) mass is 225 g/mol. The third kappa shape index (κ3) is 2.80. The van der Waals surface area contributed by atoms with Crippen molar-refractivity contribution in [2.45, 2.75) is 58.4 Å². The van der Waals surface area contributed by atoms with E-state index >= 15 is 0 Å². The van der Waals surface area contributed by atoms with E-state index < -0.39 is 0 Å². The fraction of sp³-hybridized carbons (Fsp3) is 0.818. The van der Waals surface area contributed by atoms with Crippen molar-refractivity contribution in [3.05, 3.63) is 11.7 Å². The van der Waals surface area contributed by atoms with Gasteiger partial charge >= 0.3 is 0 Å². The van der Waals surface area contributed by atoms with Crippen molar-refractivity contribution < 1.29 is 9.26 Å². The molecule has 2 heterocycles. The fourth-order valence-electron chi connectivity index (χ4n) is 1.75. The van der Waals surface area contributed by atoms with Crippen molar-refractivity contribution in [3.8, 4) is 0 Å². The molecule has 5 nitrogen and oxygen atoms in total. The smallest absolute Gasteiger partial charge is 0.255 e. The summed E-state index contributed by atoms with van der Waals surface area (Å²) in [6.45, 7) is 6.88. The van der Waals surface area contributed by atoms with Crippen LogP contribution in [-0.4, -0.2) is 22.3 Å². The molecule has 5 heteroatoms. The van der Waals surface area contributed by atoms with Gasteiger partial charge in [-0.05, 0) is 19.8 Å². The lowest BCUT2D eigenvalue weighted by Gasteiger charge is -2.05. The molecule has 1 aliphatic rings. The van der Waals surface area contributed by atoms with E-state index in [0.29, 0.717) is 30.4 Å². The number of aromatic nitrogens is 2. The Bertz CT molecular complexity index is 338. The van der Waals surface area contributed by atoms with Crippen molar-refractivity contribution in [1.82, 2.24) is 15.5 Å². The van der Waals surface area contributed by atoms with Crippen molar-refractivity contribution in [1.29, 1.82) is 0 Å². The number of ether oxygens (including phenoxy) is 1. The summed E-state index contributed by atoms with van der Waals surface area (Å²) in [6, 6.07) is 0.421. The molecule has 2 unspecified atom stereocenters. The Morgan fingerprint density at radius 2 is 2.25 bits per heavy atom. The Balaban J connectivity index is 1.91. The van der Waals surface area contributed by atoms with Gasteiger partial charge in [-0.15, -0.1) is 0 Å². The molecule has 1 fully saturated rings. The molecule has 1 aliphatic heterocycles. The molecule has 1 aromatic heterocycles. The quantitative estimate of drug-likeness (QED) is 0.846. The van der Waals surface area contributed by atoms with Crippen molar-refractivity contribution in [2.75, 3.05) is 0 Å². The maximum atomic E-state index is 5.67. The van der Waals surface area contributed by atoms with Crippen molar-refractivity contribution >= 4 is 0 Å². The minimum Gasteiger partial charge on any atom is -0.365 e. The van der Waals surface area contributed by atoms with E-state index in [1.54, 1.807) is 0 Å². The summed E-state index contributed by atoms with van der Waals surface area (Å²) >= 11 is 0. The van der Waals surface area contributed by atoms with Gasteiger partial charge in [0, 0.05) is 6.04 Å². The molecule has 2 atom stereocenters. The molecule has 0 amide bonds. The van der Waals surface area contributed by atoms with Gasteiger partial charge in [0.2, 0.25) is 0 Å². The van der Waals surface area contributed by atoms with Gasteiger partial charge in [0.1, 0.15) is 6.10 Å². The summed E-state index contributed by atoms with van der Waals surface area (Å²) in [6.07, 6.45) is 2.33. The molecule has 0 saturated carbocycles. The minimum atomic E-state index is -0.00435. The maximum Gasteiger partial charge on any atom is 0.255 e. The van der Waals surface area contributed by atoms with Crippen LogP contribution < -0.4 is 5.32 Å². The first-order valence-corrected chi connectivity index (χ1v) is 5.86. The summed E-state index contributed by atoms with van der Waals surface area (Å²) in [7, 11) is 0. The summed E-state index contributed by atoms with van der Waals surface area (Å²) in [5.74, 6) is 1.32. The number of rotatable bonds is 4. The second-order valence-electron chi connectivity index (χ2n) is 4.60. The van der Waals surface area contributed by atoms with Crippen LogP contribution in [0.5, 0.6) is 0 Å². The standard InChI is InChI=1S/C11H19N3O2/c1-7(2)12-6-10-13-11(16-14-10)9-5-4-8(3)15-9/h7-9,12H,4-6H2,1-3H3. The SMILES string of the molecule is CC(C)NCc1noc(C2CCC(C)O2)n1. The van der Waals surface area contributed by atoms with Crippen LogP contribution in [0.2, 0.25) is 0 Å². The molecule has 0 radical (unpaired) electrons. The zero-order valence-corrected chi connectivity index (χ0v) is 10.1. The van der Waals surface area contributed by atoms with Gasteiger partial charge in [-0.3, -0.25) is 0 Å². The predicted octanol–water partition coefficient (Wildman–Crippen LogP) is 1.81. The van der Waals surface area contributed by atoms with Crippen molar-refractivity contribution in [2.24, 2.45) is 0 Å². The van der Waals surface area contributed by atoms with Gasteiger partial charge in [0.15, 0.2) is 5.82 Å². The molecule has 1 N–H and O–H groups in total.